The smallest absolute Gasteiger partial charge is 0.224 e. The standard InChI is InChI=1S/C17H28N2OS/c1-6-9-21-13-7-8-14(18)15(11-13)19-16(20)10-12(2)17(3,4)5/h7-8,11-12H,6,9-10,18H2,1-5H3,(H,19,20). The lowest BCUT2D eigenvalue weighted by Crippen LogP contribution is -2.24. The van der Waals surface area contributed by atoms with Gasteiger partial charge in [0.25, 0.3) is 0 Å². The second kappa shape index (κ2) is 7.74. The van der Waals surface area contributed by atoms with Gasteiger partial charge in [-0.05, 0) is 41.7 Å². The zero-order chi connectivity index (χ0) is 16.0. The highest BCUT2D eigenvalue weighted by Gasteiger charge is 2.22. The van der Waals surface area contributed by atoms with Gasteiger partial charge in [-0.1, -0.05) is 34.6 Å². The van der Waals surface area contributed by atoms with Crippen molar-refractivity contribution in [1.29, 1.82) is 0 Å². The van der Waals surface area contributed by atoms with Crippen LogP contribution in [0.1, 0.15) is 47.5 Å². The Bertz CT molecular complexity index is 480. The van der Waals surface area contributed by atoms with Gasteiger partial charge in [0.1, 0.15) is 0 Å². The number of carbonyl (C=O) groups is 1. The van der Waals surface area contributed by atoms with E-state index >= 15 is 0 Å². The molecule has 1 unspecified atom stereocenters. The van der Waals surface area contributed by atoms with Gasteiger partial charge < -0.3 is 11.1 Å². The Kier molecular flexibility index (Phi) is 6.59. The monoisotopic (exact) mass is 308 g/mol. The number of amides is 1. The first kappa shape index (κ1) is 17.9. The topological polar surface area (TPSA) is 55.1 Å². The van der Waals surface area contributed by atoms with Crippen molar-refractivity contribution in [3.8, 4) is 0 Å². The summed E-state index contributed by atoms with van der Waals surface area (Å²) < 4.78 is 0. The van der Waals surface area contributed by atoms with Crippen LogP contribution in [-0.4, -0.2) is 11.7 Å². The minimum absolute atomic E-state index is 0.0294. The SMILES string of the molecule is CCCSc1ccc(N)c(NC(=O)CC(C)C(C)(C)C)c1. The molecule has 0 aliphatic rings. The molecule has 0 radical (unpaired) electrons. The van der Waals surface area contributed by atoms with E-state index in [4.69, 9.17) is 5.73 Å². The first-order chi connectivity index (χ1) is 9.74. The lowest BCUT2D eigenvalue weighted by Gasteiger charge is -2.26. The van der Waals surface area contributed by atoms with Crippen molar-refractivity contribution < 1.29 is 4.79 Å². The van der Waals surface area contributed by atoms with Crippen LogP contribution >= 0.6 is 11.8 Å². The average Bonchev–Trinajstić information content (AvgIpc) is 2.38. The molecule has 118 valence electrons. The number of nitrogens with one attached hydrogen (secondary N) is 1. The molecule has 4 heteroatoms. The minimum atomic E-state index is 0.0294. The van der Waals surface area contributed by atoms with Crippen LogP contribution in [0.15, 0.2) is 23.1 Å². The van der Waals surface area contributed by atoms with Crippen molar-refractivity contribution in [3.05, 3.63) is 18.2 Å². The summed E-state index contributed by atoms with van der Waals surface area (Å²) in [7, 11) is 0. The molecule has 1 amide bonds. The van der Waals surface area contributed by atoms with Crippen LogP contribution in [0.5, 0.6) is 0 Å². The summed E-state index contributed by atoms with van der Waals surface area (Å²) in [6.07, 6.45) is 1.63. The first-order valence-corrected chi connectivity index (χ1v) is 8.54. The summed E-state index contributed by atoms with van der Waals surface area (Å²) in [6, 6.07) is 5.83. The second-order valence-corrected chi connectivity index (χ2v) is 7.79. The molecule has 1 aromatic rings. The fraction of sp³-hybridized carbons (Fsp3) is 0.588. The quantitative estimate of drug-likeness (QED) is 0.587. The molecule has 0 aromatic heterocycles. The van der Waals surface area contributed by atoms with Crippen LogP contribution in [0.25, 0.3) is 0 Å². The molecule has 1 atom stereocenters. The molecule has 0 aliphatic carbocycles. The predicted octanol–water partition coefficient (Wildman–Crippen LogP) is 4.78. The Balaban J connectivity index is 2.71. The molecule has 0 spiro atoms. The third-order valence-electron chi connectivity index (χ3n) is 3.74. The van der Waals surface area contributed by atoms with E-state index in [9.17, 15) is 4.79 Å². The van der Waals surface area contributed by atoms with E-state index in [1.807, 2.05) is 18.2 Å². The molecule has 1 rings (SSSR count). The third-order valence-corrected chi connectivity index (χ3v) is 4.94. The van der Waals surface area contributed by atoms with Crippen molar-refractivity contribution >= 4 is 29.0 Å². The number of hydrogen-bond donors (Lipinski definition) is 2. The number of rotatable bonds is 6. The summed E-state index contributed by atoms with van der Waals surface area (Å²) in [5.74, 6) is 1.41. The highest BCUT2D eigenvalue weighted by Crippen LogP contribution is 2.30. The van der Waals surface area contributed by atoms with Crippen LogP contribution in [0.2, 0.25) is 0 Å². The molecular weight excluding hydrogens is 280 g/mol. The maximum atomic E-state index is 12.2. The summed E-state index contributed by atoms with van der Waals surface area (Å²) in [5.41, 5.74) is 7.43. The summed E-state index contributed by atoms with van der Waals surface area (Å²) in [6.45, 7) is 10.7. The molecule has 0 fully saturated rings. The highest BCUT2D eigenvalue weighted by atomic mass is 32.2. The van der Waals surface area contributed by atoms with Gasteiger partial charge in [-0.2, -0.15) is 0 Å². The fourth-order valence-electron chi connectivity index (χ4n) is 1.74. The van der Waals surface area contributed by atoms with E-state index < -0.39 is 0 Å². The van der Waals surface area contributed by atoms with Crippen LogP contribution in [-0.2, 0) is 4.79 Å². The Hall–Kier alpha value is -1.16. The van der Waals surface area contributed by atoms with Gasteiger partial charge in [0.15, 0.2) is 0 Å². The molecular formula is C17H28N2OS. The average molecular weight is 308 g/mol. The Morgan fingerprint density at radius 2 is 2.05 bits per heavy atom. The number of carbonyl (C=O) groups excluding carboxylic acids is 1. The van der Waals surface area contributed by atoms with Gasteiger partial charge in [-0.15, -0.1) is 11.8 Å². The molecule has 3 N–H and O–H groups in total. The Labute approximate surface area is 133 Å². The Morgan fingerprint density at radius 1 is 1.38 bits per heavy atom. The predicted molar refractivity (Wildman–Crippen MR) is 93.7 cm³/mol. The summed E-state index contributed by atoms with van der Waals surface area (Å²) in [4.78, 5) is 13.3. The highest BCUT2D eigenvalue weighted by molar-refractivity contribution is 7.99. The second-order valence-electron chi connectivity index (χ2n) is 6.62. The first-order valence-electron chi connectivity index (χ1n) is 7.56. The molecule has 0 bridgehead atoms. The molecule has 0 aliphatic heterocycles. The summed E-state index contributed by atoms with van der Waals surface area (Å²) in [5, 5.41) is 2.95. The van der Waals surface area contributed by atoms with E-state index in [0.717, 1.165) is 22.8 Å². The number of anilines is 2. The fourth-order valence-corrected chi connectivity index (χ4v) is 2.54. The van der Waals surface area contributed by atoms with Crippen LogP contribution < -0.4 is 11.1 Å². The Morgan fingerprint density at radius 3 is 2.62 bits per heavy atom. The van der Waals surface area contributed by atoms with E-state index in [0.29, 0.717) is 18.0 Å². The molecule has 3 nitrogen and oxygen atoms in total. The maximum absolute atomic E-state index is 12.2. The number of benzene rings is 1. The van der Waals surface area contributed by atoms with E-state index in [2.05, 4.69) is 39.9 Å². The number of thioether (sulfide) groups is 1. The van der Waals surface area contributed by atoms with Crippen molar-refractivity contribution in [1.82, 2.24) is 0 Å². The zero-order valence-electron chi connectivity index (χ0n) is 13.8. The third kappa shape index (κ3) is 6.00. The van der Waals surface area contributed by atoms with Crippen LogP contribution in [0.3, 0.4) is 0 Å². The van der Waals surface area contributed by atoms with Gasteiger partial charge in [0.2, 0.25) is 5.91 Å². The molecule has 0 saturated carbocycles. The lowest BCUT2D eigenvalue weighted by atomic mass is 9.80. The van der Waals surface area contributed by atoms with Crippen molar-refractivity contribution in [2.75, 3.05) is 16.8 Å². The molecule has 21 heavy (non-hydrogen) atoms. The van der Waals surface area contributed by atoms with Gasteiger partial charge in [0, 0.05) is 11.3 Å². The number of hydrogen-bond acceptors (Lipinski definition) is 3. The molecule has 0 heterocycles. The normalized spacial score (nSPS) is 13.0. The van der Waals surface area contributed by atoms with E-state index in [1.54, 1.807) is 11.8 Å². The van der Waals surface area contributed by atoms with Gasteiger partial charge in [-0.3, -0.25) is 4.79 Å². The molecule has 0 saturated heterocycles. The van der Waals surface area contributed by atoms with Crippen molar-refractivity contribution in [2.45, 2.75) is 52.4 Å². The maximum Gasteiger partial charge on any atom is 0.224 e. The van der Waals surface area contributed by atoms with Crippen LogP contribution in [0, 0.1) is 11.3 Å². The minimum Gasteiger partial charge on any atom is -0.397 e. The van der Waals surface area contributed by atoms with Gasteiger partial charge >= 0.3 is 0 Å². The largest absolute Gasteiger partial charge is 0.397 e. The number of nitrogens with two attached hydrogens (primary N) is 1. The lowest BCUT2D eigenvalue weighted by molar-refractivity contribution is -0.117. The van der Waals surface area contributed by atoms with E-state index in [-0.39, 0.29) is 11.3 Å². The van der Waals surface area contributed by atoms with Crippen LogP contribution in [0.4, 0.5) is 11.4 Å². The summed E-state index contributed by atoms with van der Waals surface area (Å²) >= 11 is 1.78. The van der Waals surface area contributed by atoms with E-state index in [1.165, 1.54) is 0 Å². The number of nitrogen functional groups attached to an aromatic ring is 1. The van der Waals surface area contributed by atoms with Crippen molar-refractivity contribution in [2.24, 2.45) is 11.3 Å². The van der Waals surface area contributed by atoms with Gasteiger partial charge in [-0.25, -0.2) is 0 Å². The van der Waals surface area contributed by atoms with Crippen molar-refractivity contribution in [3.63, 3.8) is 0 Å². The van der Waals surface area contributed by atoms with Gasteiger partial charge in [0.05, 0.1) is 11.4 Å². The zero-order valence-corrected chi connectivity index (χ0v) is 14.6. The molecule has 1 aromatic carbocycles.